The fourth-order valence-electron chi connectivity index (χ4n) is 3.31. The van der Waals surface area contributed by atoms with E-state index in [-0.39, 0.29) is 18.0 Å². The third kappa shape index (κ3) is 4.64. The van der Waals surface area contributed by atoms with E-state index >= 15 is 0 Å². The van der Waals surface area contributed by atoms with Crippen molar-refractivity contribution >= 4 is 12.0 Å². The van der Waals surface area contributed by atoms with Gasteiger partial charge in [0.05, 0.1) is 0 Å². The smallest absolute Gasteiger partial charge is 0.410 e. The van der Waals surface area contributed by atoms with Crippen molar-refractivity contribution in [1.82, 2.24) is 9.80 Å². The monoisotopic (exact) mass is 376 g/mol. The number of benzene rings is 1. The normalized spacial score (nSPS) is 19.4. The van der Waals surface area contributed by atoms with Crippen molar-refractivity contribution in [2.75, 3.05) is 33.4 Å². The predicted molar refractivity (Wildman–Crippen MR) is 100 cm³/mol. The molecule has 0 radical (unpaired) electrons. The number of carbonyl (C=O) groups is 2. The van der Waals surface area contributed by atoms with Gasteiger partial charge in [-0.15, -0.1) is 0 Å². The van der Waals surface area contributed by atoms with Gasteiger partial charge in [-0.1, -0.05) is 0 Å². The maximum atomic E-state index is 12.9. The molecular weight excluding hydrogens is 348 g/mol. The summed E-state index contributed by atoms with van der Waals surface area (Å²) in [5.41, 5.74) is 0.0212. The lowest BCUT2D eigenvalue weighted by Crippen LogP contribution is -2.51. The van der Waals surface area contributed by atoms with Gasteiger partial charge in [-0.25, -0.2) is 4.79 Å². The largest absolute Gasteiger partial charge is 0.486 e. The van der Waals surface area contributed by atoms with Crippen LogP contribution in [0.5, 0.6) is 11.5 Å². The quantitative estimate of drug-likeness (QED) is 0.794. The Kier molecular flexibility index (Phi) is 5.48. The van der Waals surface area contributed by atoms with E-state index < -0.39 is 5.60 Å². The standard InChI is InChI=1S/C20H28N2O5/c1-20(2,3)27-19(24)22-9-5-6-15(13-22)21(4)18(23)14-7-8-16-17(12-14)26-11-10-25-16/h7-8,12,15H,5-6,9-11,13H2,1-4H3. The van der Waals surface area contributed by atoms with Gasteiger partial charge in [0.25, 0.3) is 5.91 Å². The molecule has 1 fully saturated rings. The number of fused-ring (bicyclic) bond motifs is 1. The first kappa shape index (κ1) is 19.3. The number of hydrogen-bond acceptors (Lipinski definition) is 5. The highest BCUT2D eigenvalue weighted by atomic mass is 16.6. The van der Waals surface area contributed by atoms with Gasteiger partial charge in [0.15, 0.2) is 11.5 Å². The zero-order chi connectivity index (χ0) is 19.6. The van der Waals surface area contributed by atoms with E-state index in [2.05, 4.69) is 0 Å². The highest BCUT2D eigenvalue weighted by Gasteiger charge is 2.31. The maximum Gasteiger partial charge on any atom is 0.410 e. The molecule has 1 aromatic rings. The summed E-state index contributed by atoms with van der Waals surface area (Å²) in [5, 5.41) is 0. The molecule has 0 bridgehead atoms. The summed E-state index contributed by atoms with van der Waals surface area (Å²) in [7, 11) is 1.78. The summed E-state index contributed by atoms with van der Waals surface area (Å²) in [6, 6.07) is 5.19. The van der Waals surface area contributed by atoms with E-state index in [1.54, 1.807) is 35.0 Å². The third-order valence-electron chi connectivity index (χ3n) is 4.71. The summed E-state index contributed by atoms with van der Waals surface area (Å²) in [4.78, 5) is 28.7. The van der Waals surface area contributed by atoms with Gasteiger partial charge in [0.2, 0.25) is 0 Å². The van der Waals surface area contributed by atoms with E-state index in [1.165, 1.54) is 0 Å². The molecule has 7 heteroatoms. The number of nitrogens with zero attached hydrogens (tertiary/aromatic N) is 2. The molecule has 148 valence electrons. The maximum absolute atomic E-state index is 12.9. The van der Waals surface area contributed by atoms with Crippen LogP contribution in [0.2, 0.25) is 0 Å². The second kappa shape index (κ2) is 7.66. The molecule has 2 aliphatic heterocycles. The zero-order valence-corrected chi connectivity index (χ0v) is 16.5. The molecule has 0 aromatic heterocycles. The van der Waals surface area contributed by atoms with Crippen molar-refractivity contribution in [3.63, 3.8) is 0 Å². The van der Waals surface area contributed by atoms with Gasteiger partial charge in [0.1, 0.15) is 18.8 Å². The van der Waals surface area contributed by atoms with E-state index in [1.807, 2.05) is 20.8 Å². The topological polar surface area (TPSA) is 68.3 Å². The number of likely N-dealkylation sites (N-methyl/N-ethyl adjacent to an activating group) is 1. The van der Waals surface area contributed by atoms with Gasteiger partial charge in [-0.3, -0.25) is 4.79 Å². The van der Waals surface area contributed by atoms with Gasteiger partial charge in [-0.05, 0) is 51.8 Å². The highest BCUT2D eigenvalue weighted by molar-refractivity contribution is 5.95. The van der Waals surface area contributed by atoms with Crippen LogP contribution in [0, 0.1) is 0 Å². The molecule has 2 amide bonds. The molecule has 3 rings (SSSR count). The first-order valence-electron chi connectivity index (χ1n) is 9.39. The third-order valence-corrected chi connectivity index (χ3v) is 4.71. The average Bonchev–Trinajstić information content (AvgIpc) is 2.65. The van der Waals surface area contributed by atoms with Crippen LogP contribution >= 0.6 is 0 Å². The molecule has 1 aromatic carbocycles. The van der Waals surface area contributed by atoms with Crippen molar-refractivity contribution < 1.29 is 23.8 Å². The Balaban J connectivity index is 1.66. The first-order chi connectivity index (χ1) is 12.7. The number of ether oxygens (including phenoxy) is 3. The van der Waals surface area contributed by atoms with Crippen molar-refractivity contribution in [2.45, 2.75) is 45.3 Å². The van der Waals surface area contributed by atoms with Crippen molar-refractivity contribution in [3.8, 4) is 11.5 Å². The molecule has 2 heterocycles. The van der Waals surface area contributed by atoms with Crippen molar-refractivity contribution in [3.05, 3.63) is 23.8 Å². The number of likely N-dealkylation sites (tertiary alicyclic amines) is 1. The van der Waals surface area contributed by atoms with Crippen LogP contribution in [0.3, 0.4) is 0 Å². The molecular formula is C20H28N2O5. The van der Waals surface area contributed by atoms with E-state index in [0.29, 0.717) is 43.4 Å². The van der Waals surface area contributed by atoms with Crippen LogP contribution < -0.4 is 9.47 Å². The summed E-state index contributed by atoms with van der Waals surface area (Å²) in [5.74, 6) is 1.16. The molecule has 0 saturated carbocycles. The Bertz CT molecular complexity index is 713. The summed E-state index contributed by atoms with van der Waals surface area (Å²) < 4.78 is 16.5. The number of carbonyl (C=O) groups excluding carboxylic acids is 2. The number of amides is 2. The second-order valence-electron chi connectivity index (χ2n) is 8.00. The lowest BCUT2D eigenvalue weighted by atomic mass is 10.0. The molecule has 2 aliphatic rings. The molecule has 1 unspecified atom stereocenters. The van der Waals surface area contributed by atoms with Gasteiger partial charge in [0, 0.05) is 31.7 Å². The Labute approximate surface area is 160 Å². The Hall–Kier alpha value is -2.44. The van der Waals surface area contributed by atoms with E-state index in [9.17, 15) is 9.59 Å². The SMILES string of the molecule is CN(C(=O)c1ccc2c(c1)OCCO2)C1CCCN(C(=O)OC(C)(C)C)C1. The Morgan fingerprint density at radius 2 is 1.89 bits per heavy atom. The number of hydrogen-bond donors (Lipinski definition) is 0. The first-order valence-corrected chi connectivity index (χ1v) is 9.39. The molecule has 0 aliphatic carbocycles. The summed E-state index contributed by atoms with van der Waals surface area (Å²) >= 11 is 0. The van der Waals surface area contributed by atoms with Crippen LogP contribution in [-0.2, 0) is 4.74 Å². The van der Waals surface area contributed by atoms with Crippen LogP contribution in [0.15, 0.2) is 18.2 Å². The van der Waals surface area contributed by atoms with Crippen LogP contribution in [-0.4, -0.2) is 66.8 Å². The minimum absolute atomic E-state index is 0.0491. The average molecular weight is 376 g/mol. The Morgan fingerprint density at radius 1 is 1.19 bits per heavy atom. The highest BCUT2D eigenvalue weighted by Crippen LogP contribution is 2.31. The fraction of sp³-hybridized carbons (Fsp3) is 0.600. The van der Waals surface area contributed by atoms with Crippen molar-refractivity contribution in [1.29, 1.82) is 0 Å². The minimum Gasteiger partial charge on any atom is -0.486 e. The predicted octanol–water partition coefficient (Wildman–Crippen LogP) is 2.93. The van der Waals surface area contributed by atoms with E-state index in [4.69, 9.17) is 14.2 Å². The molecule has 27 heavy (non-hydrogen) atoms. The van der Waals surface area contributed by atoms with Crippen LogP contribution in [0.25, 0.3) is 0 Å². The fourth-order valence-corrected chi connectivity index (χ4v) is 3.31. The van der Waals surface area contributed by atoms with Gasteiger partial charge >= 0.3 is 6.09 Å². The van der Waals surface area contributed by atoms with Gasteiger partial charge < -0.3 is 24.0 Å². The molecule has 1 saturated heterocycles. The van der Waals surface area contributed by atoms with Crippen LogP contribution in [0.1, 0.15) is 44.0 Å². The summed E-state index contributed by atoms with van der Waals surface area (Å²) in [6.07, 6.45) is 1.36. The Morgan fingerprint density at radius 3 is 2.59 bits per heavy atom. The van der Waals surface area contributed by atoms with Crippen molar-refractivity contribution in [2.24, 2.45) is 0 Å². The van der Waals surface area contributed by atoms with Crippen LogP contribution in [0.4, 0.5) is 4.79 Å². The zero-order valence-electron chi connectivity index (χ0n) is 16.5. The van der Waals surface area contributed by atoms with E-state index in [0.717, 1.165) is 12.8 Å². The number of piperidine rings is 1. The lowest BCUT2D eigenvalue weighted by molar-refractivity contribution is 0.0123. The molecule has 0 spiro atoms. The second-order valence-corrected chi connectivity index (χ2v) is 8.00. The lowest BCUT2D eigenvalue weighted by Gasteiger charge is -2.38. The van der Waals surface area contributed by atoms with Gasteiger partial charge in [-0.2, -0.15) is 0 Å². The minimum atomic E-state index is -0.531. The summed E-state index contributed by atoms with van der Waals surface area (Å²) in [6.45, 7) is 7.67. The molecule has 0 N–H and O–H groups in total. The number of rotatable bonds is 2. The molecule has 7 nitrogen and oxygen atoms in total. The molecule has 1 atom stereocenters.